The van der Waals surface area contributed by atoms with Crippen molar-refractivity contribution in [2.45, 2.75) is 4.21 Å². The fraction of sp³-hybridized carbons (Fsp3) is 0. The van der Waals surface area contributed by atoms with Gasteiger partial charge in [0.1, 0.15) is 15.0 Å². The fourth-order valence-corrected chi connectivity index (χ4v) is 4.24. The van der Waals surface area contributed by atoms with Crippen LogP contribution in [-0.2, 0) is 0 Å². The molecule has 0 atom stereocenters. The van der Waals surface area contributed by atoms with E-state index in [9.17, 15) is 14.3 Å². The Kier molecular flexibility index (Phi) is 4.74. The lowest BCUT2D eigenvalue weighted by Gasteiger charge is -2.09. The lowest BCUT2D eigenvalue weighted by Crippen LogP contribution is -1.99. The molecule has 134 valence electrons. The first-order chi connectivity index (χ1) is 13.1. The fourth-order valence-electron chi connectivity index (χ4n) is 2.58. The van der Waals surface area contributed by atoms with E-state index >= 15 is 0 Å². The number of halogens is 1. The maximum atomic E-state index is 13.0. The van der Waals surface area contributed by atoms with Crippen molar-refractivity contribution in [2.75, 3.05) is 4.72 Å². The van der Waals surface area contributed by atoms with E-state index in [-0.39, 0.29) is 11.4 Å². The van der Waals surface area contributed by atoms with Gasteiger partial charge in [-0.05, 0) is 54.4 Å². The molecular weight excluding hydrogens is 385 g/mol. The average Bonchev–Trinajstić information content (AvgIpc) is 3.15. The highest BCUT2D eigenvalue weighted by atomic mass is 32.2. The number of aromatic carboxylic acids is 1. The Labute approximate surface area is 162 Å². The molecule has 2 aromatic carbocycles. The summed E-state index contributed by atoms with van der Waals surface area (Å²) in [5.41, 5.74) is 2.38. The quantitative estimate of drug-likeness (QED) is 0.444. The second kappa shape index (κ2) is 7.34. The van der Waals surface area contributed by atoms with Gasteiger partial charge < -0.3 is 9.83 Å². The number of nitrogens with one attached hydrogen (secondary N) is 1. The van der Waals surface area contributed by atoms with Crippen LogP contribution in [0, 0.1) is 5.82 Å². The maximum absolute atomic E-state index is 13.0. The monoisotopic (exact) mass is 397 g/mol. The molecule has 4 aromatic rings. The van der Waals surface area contributed by atoms with Gasteiger partial charge in [0.2, 0.25) is 0 Å². The van der Waals surface area contributed by atoms with Crippen molar-refractivity contribution in [1.29, 1.82) is 0 Å². The van der Waals surface area contributed by atoms with Crippen LogP contribution in [0.4, 0.5) is 10.1 Å². The van der Waals surface area contributed by atoms with Crippen molar-refractivity contribution >= 4 is 45.8 Å². The van der Waals surface area contributed by atoms with Crippen molar-refractivity contribution in [1.82, 2.24) is 9.97 Å². The summed E-state index contributed by atoms with van der Waals surface area (Å²) in [5, 5.41) is 10.7. The molecule has 0 aliphatic carbocycles. The number of thiazole rings is 1. The molecule has 0 aliphatic heterocycles. The molecule has 0 amide bonds. The minimum absolute atomic E-state index is 0.213. The van der Waals surface area contributed by atoms with Crippen molar-refractivity contribution in [3.8, 4) is 10.6 Å². The summed E-state index contributed by atoms with van der Waals surface area (Å²) in [6, 6.07) is 12.9. The number of benzene rings is 2. The molecule has 0 unspecified atom stereocenters. The van der Waals surface area contributed by atoms with Crippen LogP contribution in [0.15, 0.2) is 65.1 Å². The van der Waals surface area contributed by atoms with Crippen LogP contribution in [-0.4, -0.2) is 21.0 Å². The van der Waals surface area contributed by atoms with E-state index in [1.165, 1.54) is 35.4 Å². The molecule has 0 aliphatic rings. The van der Waals surface area contributed by atoms with Crippen LogP contribution in [0.25, 0.3) is 21.5 Å². The molecule has 2 heterocycles. The number of aromatic nitrogens is 2. The molecule has 0 saturated carbocycles. The van der Waals surface area contributed by atoms with Crippen molar-refractivity contribution in [2.24, 2.45) is 0 Å². The van der Waals surface area contributed by atoms with Gasteiger partial charge in [0.25, 0.3) is 0 Å². The predicted molar refractivity (Wildman–Crippen MR) is 106 cm³/mol. The van der Waals surface area contributed by atoms with E-state index in [1.807, 2.05) is 0 Å². The molecular formula is C19H12FN3O2S2. The number of carboxylic acids is 1. The van der Waals surface area contributed by atoms with E-state index in [2.05, 4.69) is 14.7 Å². The van der Waals surface area contributed by atoms with Gasteiger partial charge in [0, 0.05) is 17.1 Å². The van der Waals surface area contributed by atoms with Gasteiger partial charge in [0.05, 0.1) is 23.0 Å². The second-order valence-electron chi connectivity index (χ2n) is 5.56. The van der Waals surface area contributed by atoms with Gasteiger partial charge in [-0.1, -0.05) is 6.07 Å². The Balaban J connectivity index is 1.57. The number of carbonyl (C=O) groups is 1. The molecule has 0 radical (unpaired) electrons. The Hall–Kier alpha value is -2.97. The minimum atomic E-state index is -0.987. The van der Waals surface area contributed by atoms with E-state index in [1.54, 1.807) is 48.8 Å². The number of hydrogen-bond donors (Lipinski definition) is 2. The summed E-state index contributed by atoms with van der Waals surface area (Å²) in [6.07, 6.45) is 3.37. The largest absolute Gasteiger partial charge is 0.478 e. The SMILES string of the molecule is O=C(O)c1ccc(NSc2cnc(-c3ccc(F)cc3)s2)c2ncccc12. The molecule has 27 heavy (non-hydrogen) atoms. The van der Waals surface area contributed by atoms with Crippen molar-refractivity contribution in [3.63, 3.8) is 0 Å². The van der Waals surface area contributed by atoms with Crippen LogP contribution in [0.2, 0.25) is 0 Å². The molecule has 0 spiro atoms. The molecule has 2 N–H and O–H groups in total. The molecule has 0 bridgehead atoms. The van der Waals surface area contributed by atoms with Crippen LogP contribution in [0.5, 0.6) is 0 Å². The average molecular weight is 397 g/mol. The molecule has 0 saturated heterocycles. The van der Waals surface area contributed by atoms with Gasteiger partial charge in [-0.3, -0.25) is 4.98 Å². The number of fused-ring (bicyclic) bond motifs is 1. The van der Waals surface area contributed by atoms with Crippen LogP contribution < -0.4 is 4.72 Å². The topological polar surface area (TPSA) is 75.1 Å². The Morgan fingerprint density at radius 1 is 1.11 bits per heavy atom. The zero-order chi connectivity index (χ0) is 18.8. The highest BCUT2D eigenvalue weighted by molar-refractivity contribution is 8.02. The van der Waals surface area contributed by atoms with Gasteiger partial charge >= 0.3 is 5.97 Å². The molecule has 5 nitrogen and oxygen atoms in total. The van der Waals surface area contributed by atoms with E-state index < -0.39 is 5.97 Å². The normalized spacial score (nSPS) is 10.9. The predicted octanol–water partition coefficient (Wildman–Crippen LogP) is 5.31. The van der Waals surface area contributed by atoms with E-state index in [0.29, 0.717) is 10.9 Å². The van der Waals surface area contributed by atoms with E-state index in [4.69, 9.17) is 0 Å². The number of carboxylic acid groups (broad SMARTS) is 1. The Bertz CT molecular complexity index is 1130. The van der Waals surface area contributed by atoms with Crippen molar-refractivity contribution in [3.05, 3.63) is 72.3 Å². The third-order valence-electron chi connectivity index (χ3n) is 3.84. The summed E-state index contributed by atoms with van der Waals surface area (Å²) >= 11 is 2.84. The summed E-state index contributed by atoms with van der Waals surface area (Å²) in [5.74, 6) is -1.27. The summed E-state index contributed by atoms with van der Waals surface area (Å²) in [6.45, 7) is 0. The molecule has 2 aromatic heterocycles. The van der Waals surface area contributed by atoms with Gasteiger partial charge in [-0.2, -0.15) is 0 Å². The highest BCUT2D eigenvalue weighted by Crippen LogP contribution is 2.34. The number of anilines is 1. The van der Waals surface area contributed by atoms with Crippen LogP contribution >= 0.6 is 23.3 Å². The zero-order valence-corrected chi connectivity index (χ0v) is 15.4. The standard InChI is InChI=1S/C19H12FN3O2S2/c20-12-5-3-11(4-6-12)18-22-10-16(26-18)27-23-15-8-7-14(19(24)25)13-2-1-9-21-17(13)15/h1-10,23H,(H,24,25). The minimum Gasteiger partial charge on any atom is -0.478 e. The Morgan fingerprint density at radius 2 is 1.93 bits per heavy atom. The number of rotatable bonds is 5. The number of nitrogens with zero attached hydrogens (tertiary/aromatic N) is 2. The first-order valence-corrected chi connectivity index (χ1v) is 9.51. The lowest BCUT2D eigenvalue weighted by atomic mass is 10.1. The molecule has 0 fully saturated rings. The van der Waals surface area contributed by atoms with Crippen molar-refractivity contribution < 1.29 is 14.3 Å². The summed E-state index contributed by atoms with van der Waals surface area (Å²) in [4.78, 5) is 20.1. The van der Waals surface area contributed by atoms with Crippen LogP contribution in [0.1, 0.15) is 10.4 Å². The molecule has 4 rings (SSSR count). The first-order valence-electron chi connectivity index (χ1n) is 7.87. The lowest BCUT2D eigenvalue weighted by molar-refractivity contribution is 0.0699. The number of pyridine rings is 1. The summed E-state index contributed by atoms with van der Waals surface area (Å²) < 4.78 is 17.2. The van der Waals surface area contributed by atoms with Gasteiger partial charge in [-0.25, -0.2) is 14.2 Å². The smallest absolute Gasteiger partial charge is 0.336 e. The van der Waals surface area contributed by atoms with E-state index in [0.717, 1.165) is 20.5 Å². The maximum Gasteiger partial charge on any atom is 0.336 e. The third-order valence-corrected chi connectivity index (χ3v) is 5.81. The Morgan fingerprint density at radius 3 is 2.70 bits per heavy atom. The van der Waals surface area contributed by atoms with Gasteiger partial charge in [0.15, 0.2) is 0 Å². The third kappa shape index (κ3) is 3.62. The zero-order valence-electron chi connectivity index (χ0n) is 13.7. The second-order valence-corrected chi connectivity index (χ2v) is 7.70. The number of hydrogen-bond acceptors (Lipinski definition) is 6. The highest BCUT2D eigenvalue weighted by Gasteiger charge is 2.13. The van der Waals surface area contributed by atoms with Crippen LogP contribution in [0.3, 0.4) is 0 Å². The van der Waals surface area contributed by atoms with Gasteiger partial charge in [-0.15, -0.1) is 11.3 Å². The first kappa shape index (κ1) is 17.4. The summed E-state index contributed by atoms with van der Waals surface area (Å²) in [7, 11) is 0. The molecule has 8 heteroatoms.